The highest BCUT2D eigenvalue weighted by Crippen LogP contribution is 2.36. The maximum atomic E-state index is 6.07. The van der Waals surface area contributed by atoms with Crippen LogP contribution in [0, 0.1) is 0 Å². The van der Waals surface area contributed by atoms with Crippen LogP contribution in [0.15, 0.2) is 40.9 Å². The molecule has 2 aromatic carbocycles. The van der Waals surface area contributed by atoms with E-state index in [0.717, 1.165) is 22.0 Å². The molecule has 1 saturated carbocycles. The predicted molar refractivity (Wildman–Crippen MR) is 84.1 cm³/mol. The van der Waals surface area contributed by atoms with Crippen molar-refractivity contribution in [3.05, 3.63) is 40.9 Å². The Balaban J connectivity index is 1.83. The van der Waals surface area contributed by atoms with Crippen molar-refractivity contribution < 1.29 is 9.47 Å². The second-order valence-electron chi connectivity index (χ2n) is 5.07. The predicted octanol–water partition coefficient (Wildman–Crippen LogP) is 3.49. The molecule has 0 aliphatic heterocycles. The third-order valence-corrected chi connectivity index (χ3v) is 4.58. The van der Waals surface area contributed by atoms with Crippen molar-refractivity contribution in [3.8, 4) is 5.75 Å². The highest BCUT2D eigenvalue weighted by Gasteiger charge is 2.41. The Labute approximate surface area is 127 Å². The van der Waals surface area contributed by atoms with Gasteiger partial charge < -0.3 is 15.2 Å². The first kappa shape index (κ1) is 13.9. The molecular formula is C16H18BrNO2. The fourth-order valence-corrected chi connectivity index (χ4v) is 3.21. The van der Waals surface area contributed by atoms with Crippen molar-refractivity contribution in [2.24, 2.45) is 5.73 Å². The summed E-state index contributed by atoms with van der Waals surface area (Å²) < 4.78 is 12.7. The average molecular weight is 336 g/mol. The van der Waals surface area contributed by atoms with Crippen LogP contribution < -0.4 is 10.5 Å². The Hall–Kier alpha value is -1.10. The van der Waals surface area contributed by atoms with E-state index in [0.29, 0.717) is 6.61 Å². The normalized spacial score (nSPS) is 25.4. The Morgan fingerprint density at radius 2 is 2.05 bits per heavy atom. The number of ether oxygens (including phenoxy) is 2. The SMILES string of the molecule is CCOC1C(N)CC1Oc1ccc2ccccc2c1Br. The van der Waals surface area contributed by atoms with Crippen LogP contribution in [0.1, 0.15) is 13.3 Å². The monoisotopic (exact) mass is 335 g/mol. The largest absolute Gasteiger partial charge is 0.486 e. The van der Waals surface area contributed by atoms with Gasteiger partial charge in [0.25, 0.3) is 0 Å². The van der Waals surface area contributed by atoms with Crippen LogP contribution in [0.25, 0.3) is 10.8 Å². The van der Waals surface area contributed by atoms with Crippen molar-refractivity contribution in [1.82, 2.24) is 0 Å². The fourth-order valence-electron chi connectivity index (χ4n) is 2.62. The molecule has 0 heterocycles. The summed E-state index contributed by atoms with van der Waals surface area (Å²) >= 11 is 3.64. The van der Waals surface area contributed by atoms with E-state index in [1.807, 2.05) is 25.1 Å². The van der Waals surface area contributed by atoms with E-state index in [-0.39, 0.29) is 18.2 Å². The van der Waals surface area contributed by atoms with Gasteiger partial charge in [0.2, 0.25) is 0 Å². The Morgan fingerprint density at radius 1 is 1.25 bits per heavy atom. The van der Waals surface area contributed by atoms with Gasteiger partial charge in [0.05, 0.1) is 4.47 Å². The molecule has 4 heteroatoms. The molecule has 3 atom stereocenters. The molecule has 0 radical (unpaired) electrons. The second kappa shape index (κ2) is 5.72. The zero-order valence-electron chi connectivity index (χ0n) is 11.4. The third-order valence-electron chi connectivity index (χ3n) is 3.76. The molecule has 0 bridgehead atoms. The highest BCUT2D eigenvalue weighted by atomic mass is 79.9. The van der Waals surface area contributed by atoms with Gasteiger partial charge in [-0.2, -0.15) is 0 Å². The van der Waals surface area contributed by atoms with Gasteiger partial charge in [0.1, 0.15) is 18.0 Å². The minimum absolute atomic E-state index is 0.00151. The summed E-state index contributed by atoms with van der Waals surface area (Å²) in [5.41, 5.74) is 5.96. The van der Waals surface area contributed by atoms with Crippen LogP contribution >= 0.6 is 15.9 Å². The molecule has 3 rings (SSSR count). The number of hydrogen-bond donors (Lipinski definition) is 1. The van der Waals surface area contributed by atoms with Crippen molar-refractivity contribution in [2.45, 2.75) is 31.6 Å². The van der Waals surface area contributed by atoms with Crippen molar-refractivity contribution >= 4 is 26.7 Å². The Kier molecular flexibility index (Phi) is 3.96. The summed E-state index contributed by atoms with van der Waals surface area (Å²) in [6.07, 6.45) is 0.880. The maximum Gasteiger partial charge on any atom is 0.134 e. The summed E-state index contributed by atoms with van der Waals surface area (Å²) in [6, 6.07) is 12.4. The highest BCUT2D eigenvalue weighted by molar-refractivity contribution is 9.10. The Bertz CT molecular complexity index is 616. The van der Waals surface area contributed by atoms with Crippen LogP contribution in [-0.2, 0) is 4.74 Å². The molecule has 3 unspecified atom stereocenters. The molecule has 0 spiro atoms. The van der Waals surface area contributed by atoms with Gasteiger partial charge >= 0.3 is 0 Å². The molecule has 1 aliphatic rings. The van der Waals surface area contributed by atoms with Crippen molar-refractivity contribution in [3.63, 3.8) is 0 Å². The molecule has 3 nitrogen and oxygen atoms in total. The molecule has 1 aliphatic carbocycles. The minimum atomic E-state index is -0.00151. The molecule has 2 N–H and O–H groups in total. The maximum absolute atomic E-state index is 6.07. The Morgan fingerprint density at radius 3 is 2.80 bits per heavy atom. The van der Waals surface area contributed by atoms with Gasteiger partial charge in [0, 0.05) is 19.1 Å². The zero-order valence-corrected chi connectivity index (χ0v) is 13.0. The average Bonchev–Trinajstić information content (AvgIpc) is 2.47. The van der Waals surface area contributed by atoms with Gasteiger partial charge in [-0.05, 0) is 39.7 Å². The topological polar surface area (TPSA) is 44.5 Å². The summed E-state index contributed by atoms with van der Waals surface area (Å²) in [6.45, 7) is 2.64. The third kappa shape index (κ3) is 2.43. The smallest absolute Gasteiger partial charge is 0.134 e. The van der Waals surface area contributed by atoms with Crippen LogP contribution in [-0.4, -0.2) is 24.9 Å². The number of nitrogens with two attached hydrogens (primary N) is 1. The first-order valence-electron chi connectivity index (χ1n) is 6.91. The molecular weight excluding hydrogens is 318 g/mol. The first-order valence-corrected chi connectivity index (χ1v) is 7.71. The molecule has 106 valence electrons. The first-order chi connectivity index (χ1) is 9.70. The van der Waals surface area contributed by atoms with Gasteiger partial charge in [0.15, 0.2) is 0 Å². The van der Waals surface area contributed by atoms with Crippen LogP contribution in [0.5, 0.6) is 5.75 Å². The van der Waals surface area contributed by atoms with E-state index in [1.54, 1.807) is 0 Å². The quantitative estimate of drug-likeness (QED) is 0.930. The molecule has 1 fully saturated rings. The fraction of sp³-hybridized carbons (Fsp3) is 0.375. The second-order valence-corrected chi connectivity index (χ2v) is 5.87. The number of halogens is 1. The van der Waals surface area contributed by atoms with Crippen molar-refractivity contribution in [2.75, 3.05) is 6.61 Å². The lowest BCUT2D eigenvalue weighted by Gasteiger charge is -2.41. The van der Waals surface area contributed by atoms with E-state index in [1.165, 1.54) is 5.39 Å². The van der Waals surface area contributed by atoms with E-state index in [9.17, 15) is 0 Å². The van der Waals surface area contributed by atoms with E-state index >= 15 is 0 Å². The molecule has 0 aromatic heterocycles. The van der Waals surface area contributed by atoms with Gasteiger partial charge in [-0.1, -0.05) is 30.3 Å². The van der Waals surface area contributed by atoms with Crippen molar-refractivity contribution in [1.29, 1.82) is 0 Å². The lowest BCUT2D eigenvalue weighted by molar-refractivity contribution is -0.0947. The van der Waals surface area contributed by atoms with E-state index in [4.69, 9.17) is 15.2 Å². The number of fused-ring (bicyclic) bond motifs is 1. The molecule has 0 saturated heterocycles. The zero-order chi connectivity index (χ0) is 14.1. The van der Waals surface area contributed by atoms with Gasteiger partial charge in [-0.15, -0.1) is 0 Å². The summed E-state index contributed by atoms with van der Waals surface area (Å²) in [5, 5.41) is 2.35. The lowest BCUT2D eigenvalue weighted by Crippen LogP contribution is -2.59. The van der Waals surface area contributed by atoms with Crippen LogP contribution in [0.3, 0.4) is 0 Å². The van der Waals surface area contributed by atoms with Crippen LogP contribution in [0.4, 0.5) is 0 Å². The van der Waals surface area contributed by atoms with Gasteiger partial charge in [-0.25, -0.2) is 0 Å². The molecule has 20 heavy (non-hydrogen) atoms. The summed E-state index contributed by atoms with van der Waals surface area (Å²) in [4.78, 5) is 0. The van der Waals surface area contributed by atoms with E-state index < -0.39 is 0 Å². The van der Waals surface area contributed by atoms with Crippen LogP contribution in [0.2, 0.25) is 0 Å². The standard InChI is InChI=1S/C16H18BrNO2/c1-2-19-16-12(18)9-14(16)20-13-8-7-10-5-3-4-6-11(10)15(13)17/h3-8,12,14,16H,2,9,18H2,1H3. The number of benzene rings is 2. The summed E-state index contributed by atoms with van der Waals surface area (Å²) in [7, 11) is 0. The minimum Gasteiger partial charge on any atom is -0.486 e. The lowest BCUT2D eigenvalue weighted by atomic mass is 9.86. The molecule has 2 aromatic rings. The van der Waals surface area contributed by atoms with E-state index in [2.05, 4.69) is 34.1 Å². The van der Waals surface area contributed by atoms with Gasteiger partial charge in [-0.3, -0.25) is 0 Å². The molecule has 0 amide bonds. The number of hydrogen-bond acceptors (Lipinski definition) is 3. The summed E-state index contributed by atoms with van der Waals surface area (Å²) in [5.74, 6) is 0.852. The number of rotatable bonds is 4.